The van der Waals surface area contributed by atoms with E-state index in [4.69, 9.17) is 23.2 Å². The number of carbonyl (C=O) groups is 1. The Bertz CT molecular complexity index is 916. The molecular formula is C19H22Cl2N2O3S. The molecule has 0 aliphatic rings. The van der Waals surface area contributed by atoms with Gasteiger partial charge in [-0.3, -0.25) is 9.10 Å². The lowest BCUT2D eigenvalue weighted by atomic mass is 9.95. The van der Waals surface area contributed by atoms with Crippen LogP contribution >= 0.6 is 23.2 Å². The molecule has 2 rings (SSSR count). The molecule has 146 valence electrons. The Balaban J connectivity index is 2.18. The van der Waals surface area contributed by atoms with Crippen LogP contribution in [-0.2, 0) is 21.2 Å². The maximum Gasteiger partial charge on any atom is 0.241 e. The molecule has 0 atom stereocenters. The van der Waals surface area contributed by atoms with Crippen molar-refractivity contribution in [3.8, 4) is 0 Å². The summed E-state index contributed by atoms with van der Waals surface area (Å²) >= 11 is 12.1. The van der Waals surface area contributed by atoms with Crippen LogP contribution in [0.25, 0.3) is 0 Å². The molecule has 0 saturated carbocycles. The topological polar surface area (TPSA) is 66.5 Å². The smallest absolute Gasteiger partial charge is 0.241 e. The molecule has 0 unspecified atom stereocenters. The van der Waals surface area contributed by atoms with Crippen LogP contribution < -0.4 is 9.62 Å². The summed E-state index contributed by atoms with van der Waals surface area (Å²) in [5, 5.41) is 3.19. The molecular weight excluding hydrogens is 407 g/mol. The van der Waals surface area contributed by atoms with Gasteiger partial charge in [-0.15, -0.1) is 0 Å². The summed E-state index contributed by atoms with van der Waals surface area (Å²) in [6, 6.07) is 14.4. The molecule has 0 fully saturated rings. The number of benzene rings is 2. The monoisotopic (exact) mass is 428 g/mol. The normalized spacial score (nSPS) is 11.9. The van der Waals surface area contributed by atoms with Crippen molar-refractivity contribution >= 4 is 44.8 Å². The van der Waals surface area contributed by atoms with Gasteiger partial charge in [0.05, 0.1) is 22.0 Å². The first-order chi connectivity index (χ1) is 12.5. The first-order valence-corrected chi connectivity index (χ1v) is 10.9. The van der Waals surface area contributed by atoms with Gasteiger partial charge in [0.2, 0.25) is 15.9 Å². The Morgan fingerprint density at radius 2 is 1.70 bits per heavy atom. The number of carbonyl (C=O) groups excluding carboxylic acids is 1. The molecule has 1 N–H and O–H groups in total. The van der Waals surface area contributed by atoms with E-state index in [-0.39, 0.29) is 15.7 Å². The lowest BCUT2D eigenvalue weighted by Crippen LogP contribution is -2.50. The second kappa shape index (κ2) is 8.50. The summed E-state index contributed by atoms with van der Waals surface area (Å²) in [6.45, 7) is 3.38. The number of nitrogens with zero attached hydrogens (tertiary/aromatic N) is 1. The van der Waals surface area contributed by atoms with Crippen molar-refractivity contribution in [1.82, 2.24) is 5.32 Å². The van der Waals surface area contributed by atoms with Crippen LogP contribution in [-0.4, -0.2) is 32.7 Å². The predicted molar refractivity (Wildman–Crippen MR) is 111 cm³/mol. The number of rotatable bonds is 7. The summed E-state index contributed by atoms with van der Waals surface area (Å²) in [5.41, 5.74) is 0.683. The van der Waals surface area contributed by atoms with Crippen LogP contribution in [0.2, 0.25) is 10.0 Å². The van der Waals surface area contributed by atoms with Crippen LogP contribution in [0.5, 0.6) is 0 Å². The molecule has 1 amide bonds. The summed E-state index contributed by atoms with van der Waals surface area (Å²) in [5.74, 6) is -0.433. The van der Waals surface area contributed by atoms with Gasteiger partial charge in [0.15, 0.2) is 0 Å². The summed E-state index contributed by atoms with van der Waals surface area (Å²) in [4.78, 5) is 12.6. The van der Waals surface area contributed by atoms with Gasteiger partial charge in [0.25, 0.3) is 0 Å². The Labute approximate surface area is 170 Å². The average Bonchev–Trinajstić information content (AvgIpc) is 2.54. The number of halogens is 2. The van der Waals surface area contributed by atoms with Crippen LogP contribution in [0, 0.1) is 0 Å². The molecule has 0 saturated heterocycles. The Kier molecular flexibility index (Phi) is 6.78. The standard InChI is InChI=1S/C19H22Cl2N2O3S/c1-19(2,12-14-8-5-4-6-9-14)22-17(24)13-23(27(3,25)26)16-11-7-10-15(20)18(16)21/h4-11H,12-13H2,1-3H3,(H,22,24). The predicted octanol–water partition coefficient (Wildman–Crippen LogP) is 3.90. The first-order valence-electron chi connectivity index (χ1n) is 8.26. The Morgan fingerprint density at radius 1 is 1.07 bits per heavy atom. The number of amides is 1. The molecule has 0 bridgehead atoms. The van der Waals surface area contributed by atoms with E-state index in [1.54, 1.807) is 12.1 Å². The zero-order chi connectivity index (χ0) is 20.2. The van der Waals surface area contributed by atoms with Crippen molar-refractivity contribution in [2.75, 3.05) is 17.1 Å². The van der Waals surface area contributed by atoms with Crippen molar-refractivity contribution in [2.45, 2.75) is 25.8 Å². The van der Waals surface area contributed by atoms with E-state index in [2.05, 4.69) is 5.32 Å². The van der Waals surface area contributed by atoms with Crippen molar-refractivity contribution < 1.29 is 13.2 Å². The number of hydrogen-bond donors (Lipinski definition) is 1. The van der Waals surface area contributed by atoms with E-state index in [0.717, 1.165) is 16.1 Å². The molecule has 0 heterocycles. The largest absolute Gasteiger partial charge is 0.349 e. The number of sulfonamides is 1. The van der Waals surface area contributed by atoms with Gasteiger partial charge in [-0.2, -0.15) is 0 Å². The minimum absolute atomic E-state index is 0.0842. The quantitative estimate of drug-likeness (QED) is 0.726. The lowest BCUT2D eigenvalue weighted by Gasteiger charge is -2.29. The SMILES string of the molecule is CC(C)(Cc1ccccc1)NC(=O)CN(c1cccc(Cl)c1Cl)S(C)(=O)=O. The summed E-state index contributed by atoms with van der Waals surface area (Å²) in [7, 11) is -3.74. The molecule has 2 aromatic rings. The maximum atomic E-state index is 12.6. The van der Waals surface area contributed by atoms with Crippen molar-refractivity contribution in [3.05, 3.63) is 64.1 Å². The third kappa shape index (κ3) is 6.13. The van der Waals surface area contributed by atoms with Gasteiger partial charge >= 0.3 is 0 Å². The molecule has 8 heteroatoms. The highest BCUT2D eigenvalue weighted by Crippen LogP contribution is 2.33. The zero-order valence-electron chi connectivity index (χ0n) is 15.4. The highest BCUT2D eigenvalue weighted by molar-refractivity contribution is 7.92. The molecule has 0 aliphatic heterocycles. The molecule has 2 aromatic carbocycles. The van der Waals surface area contributed by atoms with Gasteiger partial charge < -0.3 is 5.32 Å². The van der Waals surface area contributed by atoms with Gasteiger partial charge in [-0.25, -0.2) is 8.42 Å². The van der Waals surface area contributed by atoms with Crippen LogP contribution in [0.3, 0.4) is 0 Å². The van der Waals surface area contributed by atoms with Crippen LogP contribution in [0.15, 0.2) is 48.5 Å². The fourth-order valence-corrected chi connectivity index (χ4v) is 4.07. The van der Waals surface area contributed by atoms with Crippen molar-refractivity contribution in [3.63, 3.8) is 0 Å². The van der Waals surface area contributed by atoms with E-state index >= 15 is 0 Å². The average molecular weight is 429 g/mol. The van der Waals surface area contributed by atoms with Crippen LogP contribution in [0.1, 0.15) is 19.4 Å². The number of hydrogen-bond acceptors (Lipinski definition) is 3. The second-order valence-corrected chi connectivity index (χ2v) is 9.63. The molecule has 0 spiro atoms. The highest BCUT2D eigenvalue weighted by Gasteiger charge is 2.27. The number of anilines is 1. The van der Waals surface area contributed by atoms with Gasteiger partial charge in [-0.05, 0) is 38.0 Å². The van der Waals surface area contributed by atoms with Gasteiger partial charge in [0.1, 0.15) is 6.54 Å². The molecule has 0 aromatic heterocycles. The first kappa shape index (κ1) is 21.5. The third-order valence-corrected chi connectivity index (χ3v) is 5.79. The summed E-state index contributed by atoms with van der Waals surface area (Å²) < 4.78 is 25.4. The fourth-order valence-electron chi connectivity index (χ4n) is 2.76. The van der Waals surface area contributed by atoms with E-state index in [0.29, 0.717) is 6.42 Å². The number of nitrogens with one attached hydrogen (secondary N) is 1. The minimum Gasteiger partial charge on any atom is -0.349 e. The highest BCUT2D eigenvalue weighted by atomic mass is 35.5. The van der Waals surface area contributed by atoms with E-state index in [1.165, 1.54) is 6.07 Å². The molecule has 5 nitrogen and oxygen atoms in total. The van der Waals surface area contributed by atoms with E-state index < -0.39 is 28.0 Å². The summed E-state index contributed by atoms with van der Waals surface area (Å²) in [6.07, 6.45) is 1.63. The Morgan fingerprint density at radius 3 is 2.30 bits per heavy atom. The van der Waals surface area contributed by atoms with Crippen LogP contribution in [0.4, 0.5) is 5.69 Å². The van der Waals surface area contributed by atoms with Crippen molar-refractivity contribution in [1.29, 1.82) is 0 Å². The molecule has 0 radical (unpaired) electrons. The zero-order valence-corrected chi connectivity index (χ0v) is 17.7. The van der Waals surface area contributed by atoms with E-state index in [1.807, 2.05) is 44.2 Å². The molecule has 27 heavy (non-hydrogen) atoms. The lowest BCUT2D eigenvalue weighted by molar-refractivity contribution is -0.121. The fraction of sp³-hybridized carbons (Fsp3) is 0.316. The van der Waals surface area contributed by atoms with E-state index in [9.17, 15) is 13.2 Å². The van der Waals surface area contributed by atoms with Crippen molar-refractivity contribution in [2.24, 2.45) is 0 Å². The Hall–Kier alpha value is -1.76. The second-order valence-electron chi connectivity index (χ2n) is 6.94. The third-order valence-electron chi connectivity index (χ3n) is 3.85. The molecule has 0 aliphatic carbocycles. The van der Waals surface area contributed by atoms with Gasteiger partial charge in [-0.1, -0.05) is 59.6 Å². The minimum atomic E-state index is -3.74. The van der Waals surface area contributed by atoms with Gasteiger partial charge in [0, 0.05) is 5.54 Å². The maximum absolute atomic E-state index is 12.6.